The van der Waals surface area contributed by atoms with Crippen molar-refractivity contribution in [3.63, 3.8) is 0 Å². The number of likely N-dealkylation sites (tertiary alicyclic amines) is 1. The van der Waals surface area contributed by atoms with Gasteiger partial charge in [0.15, 0.2) is 11.5 Å². The second-order valence-corrected chi connectivity index (χ2v) is 10.2. The van der Waals surface area contributed by atoms with Crippen molar-refractivity contribution in [1.82, 2.24) is 10.2 Å². The van der Waals surface area contributed by atoms with Crippen molar-refractivity contribution >= 4 is 11.8 Å². The highest BCUT2D eigenvalue weighted by Crippen LogP contribution is 2.33. The van der Waals surface area contributed by atoms with Crippen LogP contribution in [0.4, 0.5) is 0 Å². The van der Waals surface area contributed by atoms with E-state index < -0.39 is 0 Å². The van der Waals surface area contributed by atoms with Crippen molar-refractivity contribution in [2.75, 3.05) is 34.4 Å². The number of nitrogens with one attached hydrogen (secondary N) is 1. The molecule has 0 unspecified atom stereocenters. The van der Waals surface area contributed by atoms with Crippen LogP contribution >= 0.6 is 0 Å². The second-order valence-electron chi connectivity index (χ2n) is 10.2. The van der Waals surface area contributed by atoms with Crippen LogP contribution in [0.1, 0.15) is 29.5 Å². The highest BCUT2D eigenvalue weighted by Gasteiger charge is 2.33. The minimum atomic E-state index is -0.339. The summed E-state index contributed by atoms with van der Waals surface area (Å²) in [5, 5.41) is 3.16. The summed E-state index contributed by atoms with van der Waals surface area (Å²) in [4.78, 5) is 28.3. The monoisotopic (exact) mass is 560 g/mol. The zero-order valence-electron chi connectivity index (χ0n) is 23.7. The molecule has 2 atom stereocenters. The molecular weight excluding hydrogens is 524 g/mol. The maximum Gasteiger partial charge on any atom is 0.227 e. The van der Waals surface area contributed by atoms with Gasteiger partial charge in [0.1, 0.15) is 17.2 Å². The fraction of sp³-hybridized carbons (Fsp3) is 0.375. The molecule has 3 aromatic rings. The Morgan fingerprint density at radius 2 is 1.80 bits per heavy atom. The minimum absolute atomic E-state index is 0.0346. The standard InChI is InChI=1S/C32H36N2O7/c1-37-24-10-9-23(29(18-24)39-3)17-32(36)34-14-13-27-26(19-34)33-31(35)12-8-21-7-11-28(38-2)30(16-21)41-25-6-4-5-22(15-25)20-40-27/h4-7,9-11,15-16,18,26-27H,8,12-14,17,19-20H2,1-3H3,(H,33,35)/t26-,27+/m0/s1. The summed E-state index contributed by atoms with van der Waals surface area (Å²) < 4.78 is 28.8. The summed E-state index contributed by atoms with van der Waals surface area (Å²) in [7, 11) is 4.77. The van der Waals surface area contributed by atoms with E-state index in [2.05, 4.69) is 5.32 Å². The number of fused-ring (bicyclic) bond motifs is 5. The molecule has 0 radical (unpaired) electrons. The molecule has 9 heteroatoms. The van der Waals surface area contributed by atoms with Crippen molar-refractivity contribution in [3.8, 4) is 28.7 Å². The van der Waals surface area contributed by atoms with E-state index in [1.807, 2.05) is 54.6 Å². The zero-order valence-corrected chi connectivity index (χ0v) is 23.7. The lowest BCUT2D eigenvalue weighted by Gasteiger charge is -2.39. The molecular formula is C32H36N2O7. The van der Waals surface area contributed by atoms with Crippen LogP contribution in [-0.4, -0.2) is 63.3 Å². The Morgan fingerprint density at radius 3 is 2.61 bits per heavy atom. The predicted molar refractivity (Wildman–Crippen MR) is 153 cm³/mol. The molecule has 0 aliphatic carbocycles. The molecule has 1 saturated heterocycles. The van der Waals surface area contributed by atoms with Gasteiger partial charge >= 0.3 is 0 Å². The number of carbonyl (C=O) groups excluding carboxylic acids is 2. The lowest BCUT2D eigenvalue weighted by Crippen LogP contribution is -2.57. The Morgan fingerprint density at radius 1 is 0.951 bits per heavy atom. The number of piperidine rings is 1. The molecule has 216 valence electrons. The van der Waals surface area contributed by atoms with E-state index in [1.54, 1.807) is 32.3 Å². The Balaban J connectivity index is 1.34. The van der Waals surface area contributed by atoms with Crippen molar-refractivity contribution < 1.29 is 33.3 Å². The Bertz CT molecular complexity index is 1390. The number of hydrogen-bond acceptors (Lipinski definition) is 7. The third-order valence-electron chi connectivity index (χ3n) is 7.54. The van der Waals surface area contributed by atoms with Gasteiger partial charge in [0.05, 0.1) is 46.5 Å². The van der Waals surface area contributed by atoms with E-state index in [4.69, 9.17) is 23.7 Å². The minimum Gasteiger partial charge on any atom is -0.497 e. The van der Waals surface area contributed by atoms with Gasteiger partial charge < -0.3 is 33.9 Å². The molecule has 2 aliphatic rings. The lowest BCUT2D eigenvalue weighted by atomic mass is 9.99. The smallest absolute Gasteiger partial charge is 0.227 e. The first kappa shape index (κ1) is 28.3. The van der Waals surface area contributed by atoms with Crippen LogP contribution in [0.15, 0.2) is 60.7 Å². The van der Waals surface area contributed by atoms with E-state index >= 15 is 0 Å². The van der Waals surface area contributed by atoms with Gasteiger partial charge in [-0.2, -0.15) is 0 Å². The molecule has 2 aliphatic heterocycles. The van der Waals surface area contributed by atoms with Crippen LogP contribution in [0.3, 0.4) is 0 Å². The van der Waals surface area contributed by atoms with Gasteiger partial charge in [-0.25, -0.2) is 0 Å². The quantitative estimate of drug-likeness (QED) is 0.497. The van der Waals surface area contributed by atoms with Crippen LogP contribution in [0.2, 0.25) is 0 Å². The molecule has 0 aromatic heterocycles. The molecule has 0 saturated carbocycles. The molecule has 41 heavy (non-hydrogen) atoms. The highest BCUT2D eigenvalue weighted by molar-refractivity contribution is 5.80. The lowest BCUT2D eigenvalue weighted by molar-refractivity contribution is -0.136. The molecule has 1 fully saturated rings. The molecule has 3 aromatic carbocycles. The maximum absolute atomic E-state index is 13.4. The third kappa shape index (κ3) is 6.92. The van der Waals surface area contributed by atoms with E-state index in [-0.39, 0.29) is 30.4 Å². The summed E-state index contributed by atoms with van der Waals surface area (Å²) >= 11 is 0. The highest BCUT2D eigenvalue weighted by atomic mass is 16.5. The van der Waals surface area contributed by atoms with Gasteiger partial charge in [-0.05, 0) is 54.3 Å². The molecule has 9 nitrogen and oxygen atoms in total. The van der Waals surface area contributed by atoms with Crippen LogP contribution in [0.5, 0.6) is 28.7 Å². The molecule has 5 rings (SSSR count). The average Bonchev–Trinajstić information content (AvgIpc) is 2.99. The van der Waals surface area contributed by atoms with Crippen molar-refractivity contribution in [1.29, 1.82) is 0 Å². The molecule has 2 heterocycles. The fourth-order valence-corrected chi connectivity index (χ4v) is 5.29. The number of ether oxygens (including phenoxy) is 5. The average molecular weight is 561 g/mol. The molecule has 0 spiro atoms. The maximum atomic E-state index is 13.4. The first-order chi connectivity index (χ1) is 19.9. The Labute approximate surface area is 240 Å². The van der Waals surface area contributed by atoms with Crippen LogP contribution < -0.4 is 24.3 Å². The van der Waals surface area contributed by atoms with Gasteiger partial charge in [0.25, 0.3) is 0 Å². The van der Waals surface area contributed by atoms with Gasteiger partial charge in [-0.3, -0.25) is 9.59 Å². The van der Waals surface area contributed by atoms with Crippen molar-refractivity contribution in [2.24, 2.45) is 0 Å². The van der Waals surface area contributed by atoms with E-state index in [9.17, 15) is 9.59 Å². The van der Waals surface area contributed by atoms with E-state index in [1.165, 1.54) is 0 Å². The van der Waals surface area contributed by atoms with Crippen LogP contribution in [-0.2, 0) is 33.8 Å². The van der Waals surface area contributed by atoms with E-state index in [0.29, 0.717) is 67.7 Å². The summed E-state index contributed by atoms with van der Waals surface area (Å²) in [6.45, 7) is 1.25. The number of aryl methyl sites for hydroxylation is 1. The fourth-order valence-electron chi connectivity index (χ4n) is 5.29. The molecule has 1 N–H and O–H groups in total. The summed E-state index contributed by atoms with van der Waals surface area (Å²) in [5.74, 6) is 3.03. The number of rotatable bonds is 5. The first-order valence-corrected chi connectivity index (χ1v) is 13.8. The van der Waals surface area contributed by atoms with E-state index in [0.717, 1.165) is 16.7 Å². The predicted octanol–water partition coefficient (Wildman–Crippen LogP) is 4.30. The molecule has 2 amide bonds. The number of benzene rings is 3. The van der Waals surface area contributed by atoms with Gasteiger partial charge in [-0.15, -0.1) is 0 Å². The van der Waals surface area contributed by atoms with Gasteiger partial charge in [0, 0.05) is 31.1 Å². The van der Waals surface area contributed by atoms with Crippen molar-refractivity contribution in [2.45, 2.75) is 44.4 Å². The number of methoxy groups -OCH3 is 3. The summed E-state index contributed by atoms with van der Waals surface area (Å²) in [5.41, 5.74) is 2.69. The third-order valence-corrected chi connectivity index (χ3v) is 7.54. The topological polar surface area (TPSA) is 95.6 Å². The van der Waals surface area contributed by atoms with Gasteiger partial charge in [0.2, 0.25) is 11.8 Å². The van der Waals surface area contributed by atoms with Crippen LogP contribution in [0, 0.1) is 0 Å². The number of amides is 2. The van der Waals surface area contributed by atoms with Crippen molar-refractivity contribution in [3.05, 3.63) is 77.4 Å². The molecule has 4 bridgehead atoms. The Kier molecular flexibility index (Phi) is 8.94. The number of hydrogen-bond donors (Lipinski definition) is 1. The normalized spacial score (nSPS) is 19.0. The number of carbonyl (C=O) groups is 2. The second kappa shape index (κ2) is 13.0. The summed E-state index contributed by atoms with van der Waals surface area (Å²) in [6, 6.07) is 18.5. The largest absolute Gasteiger partial charge is 0.497 e. The number of nitrogens with zero attached hydrogens (tertiary/aromatic N) is 1. The van der Waals surface area contributed by atoms with Gasteiger partial charge in [-0.1, -0.05) is 24.3 Å². The SMILES string of the molecule is COc1ccc(CC(=O)N2CC[C@H]3OCc4cccc(c4)Oc4cc(ccc4OC)CCC(=O)N[C@H]3C2)c(OC)c1. The summed E-state index contributed by atoms with van der Waals surface area (Å²) in [6.07, 6.45) is 1.37. The van der Waals surface area contributed by atoms with Crippen LogP contribution in [0.25, 0.3) is 0 Å². The Hall–Kier alpha value is -4.24. The first-order valence-electron chi connectivity index (χ1n) is 13.8. The zero-order chi connectivity index (χ0) is 28.8.